The summed E-state index contributed by atoms with van der Waals surface area (Å²) in [5, 5.41) is 0. The standard InChI is InChI=1S/C12H16O.2C2H6/c1-4-6-12(13)11-8-5-7-9(2)10(11)3;2*1-2/h5,7-8H,4,6H2,1-3H3;2*1-2H3. The van der Waals surface area contributed by atoms with Gasteiger partial charge < -0.3 is 0 Å². The molecule has 0 heterocycles. The topological polar surface area (TPSA) is 17.1 Å². The smallest absolute Gasteiger partial charge is 0.163 e. The molecule has 1 nitrogen and oxygen atoms in total. The lowest BCUT2D eigenvalue weighted by molar-refractivity contribution is 0.0981. The Hall–Kier alpha value is -1.11. The number of ketones is 1. The lowest BCUT2D eigenvalue weighted by atomic mass is 9.98. The van der Waals surface area contributed by atoms with Crippen molar-refractivity contribution in [3.05, 3.63) is 34.9 Å². The second-order valence-electron chi connectivity index (χ2n) is 3.42. The Morgan fingerprint density at radius 1 is 1.06 bits per heavy atom. The Morgan fingerprint density at radius 2 is 1.59 bits per heavy atom. The van der Waals surface area contributed by atoms with E-state index in [1.807, 2.05) is 66.7 Å². The molecule has 0 fully saturated rings. The monoisotopic (exact) mass is 236 g/mol. The molecule has 1 aromatic rings. The molecule has 0 spiro atoms. The molecular formula is C16H28O. The van der Waals surface area contributed by atoms with E-state index in [4.69, 9.17) is 0 Å². The third-order valence-electron chi connectivity index (χ3n) is 2.38. The molecule has 1 heteroatoms. The van der Waals surface area contributed by atoms with E-state index in [1.165, 1.54) is 5.56 Å². The molecule has 0 aliphatic rings. The van der Waals surface area contributed by atoms with Crippen LogP contribution in [-0.4, -0.2) is 5.78 Å². The Balaban J connectivity index is 0. The highest BCUT2D eigenvalue weighted by Crippen LogP contribution is 2.14. The molecule has 1 aromatic carbocycles. The Bertz CT molecular complexity index is 313. The molecule has 0 bridgehead atoms. The maximum atomic E-state index is 11.6. The number of carbonyl (C=O) groups is 1. The van der Waals surface area contributed by atoms with Crippen LogP contribution in [0.5, 0.6) is 0 Å². The molecule has 0 saturated carbocycles. The van der Waals surface area contributed by atoms with E-state index in [2.05, 4.69) is 0 Å². The highest BCUT2D eigenvalue weighted by molar-refractivity contribution is 5.97. The summed E-state index contributed by atoms with van der Waals surface area (Å²) in [6.07, 6.45) is 1.58. The van der Waals surface area contributed by atoms with Crippen molar-refractivity contribution in [3.63, 3.8) is 0 Å². The van der Waals surface area contributed by atoms with Crippen molar-refractivity contribution in [3.8, 4) is 0 Å². The molecule has 0 aliphatic heterocycles. The average Bonchev–Trinajstić information content (AvgIpc) is 2.38. The first-order chi connectivity index (χ1) is 8.16. The van der Waals surface area contributed by atoms with Crippen LogP contribution in [0.15, 0.2) is 18.2 Å². The number of hydrogen-bond donors (Lipinski definition) is 0. The second-order valence-corrected chi connectivity index (χ2v) is 3.42. The Morgan fingerprint density at radius 3 is 2.06 bits per heavy atom. The molecule has 0 N–H and O–H groups in total. The first kappa shape index (κ1) is 18.3. The van der Waals surface area contributed by atoms with Crippen molar-refractivity contribution in [2.45, 2.75) is 61.3 Å². The van der Waals surface area contributed by atoms with E-state index in [0.29, 0.717) is 6.42 Å². The predicted octanol–water partition coefficient (Wildman–Crippen LogP) is 5.34. The van der Waals surface area contributed by atoms with Crippen LogP contribution in [0.4, 0.5) is 0 Å². The molecular weight excluding hydrogens is 208 g/mol. The number of benzene rings is 1. The first-order valence-electron chi connectivity index (χ1n) is 6.76. The van der Waals surface area contributed by atoms with Crippen LogP contribution in [0, 0.1) is 13.8 Å². The summed E-state index contributed by atoms with van der Waals surface area (Å²) in [7, 11) is 0. The number of Topliss-reactive ketones (excluding diaryl/α,β-unsaturated/α-hetero) is 1. The summed E-state index contributed by atoms with van der Waals surface area (Å²) >= 11 is 0. The number of hydrogen-bond acceptors (Lipinski definition) is 1. The van der Waals surface area contributed by atoms with Crippen LogP contribution in [0.25, 0.3) is 0 Å². The highest BCUT2D eigenvalue weighted by Gasteiger charge is 2.08. The van der Waals surface area contributed by atoms with Crippen molar-refractivity contribution in [1.29, 1.82) is 0 Å². The SMILES string of the molecule is CC.CC.CCCC(=O)c1cccc(C)c1C. The lowest BCUT2D eigenvalue weighted by Crippen LogP contribution is -2.01. The third kappa shape index (κ3) is 6.25. The van der Waals surface area contributed by atoms with Crippen LogP contribution >= 0.6 is 0 Å². The minimum absolute atomic E-state index is 0.267. The molecule has 17 heavy (non-hydrogen) atoms. The van der Waals surface area contributed by atoms with Gasteiger partial charge in [-0.05, 0) is 31.4 Å². The van der Waals surface area contributed by atoms with Gasteiger partial charge in [0.05, 0.1) is 0 Å². The summed E-state index contributed by atoms with van der Waals surface area (Å²) in [5.41, 5.74) is 3.21. The van der Waals surface area contributed by atoms with Gasteiger partial charge in [-0.15, -0.1) is 0 Å². The lowest BCUT2D eigenvalue weighted by Gasteiger charge is -2.06. The van der Waals surface area contributed by atoms with Crippen LogP contribution in [-0.2, 0) is 0 Å². The van der Waals surface area contributed by atoms with Gasteiger partial charge in [-0.1, -0.05) is 52.8 Å². The summed E-state index contributed by atoms with van der Waals surface area (Å²) < 4.78 is 0. The average molecular weight is 236 g/mol. The second kappa shape index (κ2) is 11.4. The van der Waals surface area contributed by atoms with Gasteiger partial charge in [0.25, 0.3) is 0 Å². The fourth-order valence-corrected chi connectivity index (χ4v) is 1.41. The number of carbonyl (C=O) groups excluding carboxylic acids is 1. The summed E-state index contributed by atoms with van der Waals surface area (Å²) in [5.74, 6) is 0.267. The molecule has 1 rings (SSSR count). The molecule has 0 atom stereocenters. The van der Waals surface area contributed by atoms with Crippen LogP contribution < -0.4 is 0 Å². The fourth-order valence-electron chi connectivity index (χ4n) is 1.41. The van der Waals surface area contributed by atoms with Gasteiger partial charge in [0, 0.05) is 12.0 Å². The zero-order valence-electron chi connectivity index (χ0n) is 12.6. The van der Waals surface area contributed by atoms with Crippen molar-refractivity contribution >= 4 is 5.78 Å². The zero-order valence-corrected chi connectivity index (χ0v) is 12.6. The van der Waals surface area contributed by atoms with E-state index in [0.717, 1.165) is 17.5 Å². The van der Waals surface area contributed by atoms with E-state index < -0.39 is 0 Å². The summed E-state index contributed by atoms with van der Waals surface area (Å²) in [6, 6.07) is 5.91. The molecule has 0 aromatic heterocycles. The molecule has 0 radical (unpaired) electrons. The first-order valence-corrected chi connectivity index (χ1v) is 6.76. The number of aryl methyl sites for hydroxylation is 1. The van der Waals surface area contributed by atoms with E-state index in [1.54, 1.807) is 0 Å². The largest absolute Gasteiger partial charge is 0.294 e. The maximum Gasteiger partial charge on any atom is 0.163 e. The van der Waals surface area contributed by atoms with Gasteiger partial charge in [-0.2, -0.15) is 0 Å². The van der Waals surface area contributed by atoms with E-state index in [-0.39, 0.29) is 5.78 Å². The fraction of sp³-hybridized carbons (Fsp3) is 0.562. The van der Waals surface area contributed by atoms with Crippen LogP contribution in [0.2, 0.25) is 0 Å². The van der Waals surface area contributed by atoms with E-state index >= 15 is 0 Å². The minimum atomic E-state index is 0.267. The number of rotatable bonds is 3. The van der Waals surface area contributed by atoms with Crippen molar-refractivity contribution < 1.29 is 4.79 Å². The van der Waals surface area contributed by atoms with Crippen molar-refractivity contribution in [2.75, 3.05) is 0 Å². The molecule has 0 unspecified atom stereocenters. The Kier molecular flexibility index (Phi) is 12.2. The molecule has 0 saturated heterocycles. The quantitative estimate of drug-likeness (QED) is 0.647. The van der Waals surface area contributed by atoms with E-state index in [9.17, 15) is 4.79 Å². The Labute approximate surface area is 107 Å². The van der Waals surface area contributed by atoms with Gasteiger partial charge in [0.15, 0.2) is 5.78 Å². The third-order valence-corrected chi connectivity index (χ3v) is 2.38. The van der Waals surface area contributed by atoms with Crippen LogP contribution in [0.1, 0.15) is 68.9 Å². The summed E-state index contributed by atoms with van der Waals surface area (Å²) in [6.45, 7) is 14.1. The van der Waals surface area contributed by atoms with Gasteiger partial charge in [0.2, 0.25) is 0 Å². The van der Waals surface area contributed by atoms with Crippen molar-refractivity contribution in [2.24, 2.45) is 0 Å². The zero-order chi connectivity index (χ0) is 13.8. The van der Waals surface area contributed by atoms with Gasteiger partial charge in [0.1, 0.15) is 0 Å². The van der Waals surface area contributed by atoms with Gasteiger partial charge in [-0.3, -0.25) is 4.79 Å². The van der Waals surface area contributed by atoms with Gasteiger partial charge >= 0.3 is 0 Å². The van der Waals surface area contributed by atoms with Gasteiger partial charge in [-0.25, -0.2) is 0 Å². The van der Waals surface area contributed by atoms with Crippen LogP contribution in [0.3, 0.4) is 0 Å². The van der Waals surface area contributed by atoms with Crippen molar-refractivity contribution in [1.82, 2.24) is 0 Å². The molecule has 98 valence electrons. The molecule has 0 aliphatic carbocycles. The molecule has 0 amide bonds. The predicted molar refractivity (Wildman–Crippen MR) is 77.9 cm³/mol. The highest BCUT2D eigenvalue weighted by atomic mass is 16.1. The minimum Gasteiger partial charge on any atom is -0.294 e. The summed E-state index contributed by atoms with van der Waals surface area (Å²) in [4.78, 5) is 11.6. The normalized spacial score (nSPS) is 8.41. The maximum absolute atomic E-state index is 11.6.